The molecule has 0 saturated carbocycles. The summed E-state index contributed by atoms with van der Waals surface area (Å²) in [6.07, 6.45) is 1.27. The maximum absolute atomic E-state index is 13.8. The Morgan fingerprint density at radius 3 is 1.79 bits per heavy atom. The van der Waals surface area contributed by atoms with Crippen LogP contribution in [-0.4, -0.2) is 12.1 Å². The molecule has 1 aliphatic heterocycles. The van der Waals surface area contributed by atoms with E-state index >= 15 is 0 Å². The molecule has 0 aromatic heterocycles. The molecular weight excluding hydrogens is 420 g/mol. The van der Waals surface area contributed by atoms with Crippen LogP contribution in [0.15, 0.2) is 84.9 Å². The largest absolute Gasteiger partial charge is 0.477 e. The first-order valence-corrected chi connectivity index (χ1v) is 11.9. The lowest BCUT2D eigenvalue weighted by Gasteiger charge is -2.29. The Bertz CT molecular complexity index is 1150. The molecule has 0 N–H and O–H groups in total. The monoisotopic (exact) mass is 454 g/mol. The molecule has 1 aliphatic rings. The molecule has 3 aromatic carbocycles. The van der Waals surface area contributed by atoms with E-state index in [0.29, 0.717) is 11.5 Å². The van der Waals surface area contributed by atoms with Crippen molar-refractivity contribution in [2.75, 3.05) is 0 Å². The van der Waals surface area contributed by atoms with Crippen LogP contribution < -0.4 is 4.74 Å². The molecule has 0 amide bonds. The van der Waals surface area contributed by atoms with Crippen LogP contribution in [0.4, 0.5) is 0 Å². The summed E-state index contributed by atoms with van der Waals surface area (Å²) in [5, 5.41) is 0. The smallest absolute Gasteiger partial charge is 0.353 e. The van der Waals surface area contributed by atoms with Crippen molar-refractivity contribution >= 4 is 11.7 Å². The third-order valence-corrected chi connectivity index (χ3v) is 6.22. The average Bonchev–Trinajstić information content (AvgIpc) is 3.25. The minimum Gasteiger partial charge on any atom is -0.477 e. The summed E-state index contributed by atoms with van der Waals surface area (Å²) in [6, 6.07) is 26.1. The van der Waals surface area contributed by atoms with E-state index in [1.807, 2.05) is 72.8 Å². The van der Waals surface area contributed by atoms with Crippen LogP contribution in [0.3, 0.4) is 0 Å². The lowest BCUT2D eigenvalue weighted by atomic mass is 9.79. The fraction of sp³-hybridized carbons (Fsp3) is 0.323. The molecule has 0 saturated heterocycles. The Morgan fingerprint density at radius 1 is 0.735 bits per heavy atom. The SMILES string of the molecule is CC(C)(C)c1cccc(C(C)(C)C)c1OC(=O)[C@@H]1OC(c2ccccc2)=C[C@H]1c1ccccc1. The highest BCUT2D eigenvalue weighted by atomic mass is 16.6. The molecule has 2 atom stereocenters. The highest BCUT2D eigenvalue weighted by Crippen LogP contribution is 2.42. The maximum Gasteiger partial charge on any atom is 0.353 e. The Morgan fingerprint density at radius 2 is 1.26 bits per heavy atom. The summed E-state index contributed by atoms with van der Waals surface area (Å²) in [5.41, 5.74) is 3.64. The molecule has 3 nitrogen and oxygen atoms in total. The predicted octanol–water partition coefficient (Wildman–Crippen LogP) is 7.41. The average molecular weight is 455 g/mol. The molecule has 34 heavy (non-hydrogen) atoms. The first-order valence-electron chi connectivity index (χ1n) is 11.9. The van der Waals surface area contributed by atoms with Gasteiger partial charge < -0.3 is 9.47 Å². The Hall–Kier alpha value is -3.33. The van der Waals surface area contributed by atoms with E-state index in [1.54, 1.807) is 0 Å². The maximum atomic E-state index is 13.8. The normalized spacial score (nSPS) is 18.2. The van der Waals surface area contributed by atoms with Crippen LogP contribution in [0.2, 0.25) is 0 Å². The van der Waals surface area contributed by atoms with Crippen molar-refractivity contribution < 1.29 is 14.3 Å². The standard InChI is InChI=1S/C31H34O3/c1-30(2,3)24-18-13-19-25(31(4,5)6)28(24)34-29(32)27-23(21-14-9-7-10-15-21)20-26(33-27)22-16-11-8-12-17-22/h7-20,23,27H,1-6H3/t23-,27+/m0/s1. The first kappa shape index (κ1) is 23.8. The van der Waals surface area contributed by atoms with Crippen LogP contribution in [0.1, 0.15) is 69.7 Å². The van der Waals surface area contributed by atoms with Gasteiger partial charge in [-0.05, 0) is 22.5 Å². The summed E-state index contributed by atoms with van der Waals surface area (Å²) in [4.78, 5) is 13.8. The molecule has 4 rings (SSSR count). The molecule has 0 spiro atoms. The highest BCUT2D eigenvalue weighted by Gasteiger charge is 2.39. The van der Waals surface area contributed by atoms with Crippen LogP contribution in [-0.2, 0) is 20.4 Å². The number of carbonyl (C=O) groups is 1. The van der Waals surface area contributed by atoms with Gasteiger partial charge in [-0.3, -0.25) is 0 Å². The Kier molecular flexibility index (Phi) is 6.40. The summed E-state index contributed by atoms with van der Waals surface area (Å²) in [6.45, 7) is 12.8. The summed E-state index contributed by atoms with van der Waals surface area (Å²) >= 11 is 0. The van der Waals surface area contributed by atoms with Gasteiger partial charge in [0.15, 0.2) is 0 Å². The molecule has 0 fully saturated rings. The van der Waals surface area contributed by atoms with E-state index in [9.17, 15) is 4.79 Å². The van der Waals surface area contributed by atoms with Gasteiger partial charge in [0.05, 0.1) is 5.92 Å². The third-order valence-electron chi connectivity index (χ3n) is 6.22. The van der Waals surface area contributed by atoms with Crippen molar-refractivity contribution in [1.82, 2.24) is 0 Å². The van der Waals surface area contributed by atoms with E-state index in [1.165, 1.54) is 0 Å². The number of para-hydroxylation sites is 1. The topological polar surface area (TPSA) is 35.5 Å². The molecule has 1 heterocycles. The van der Waals surface area contributed by atoms with Gasteiger partial charge in [0, 0.05) is 16.7 Å². The van der Waals surface area contributed by atoms with E-state index in [0.717, 1.165) is 22.3 Å². The molecular formula is C31H34O3. The second-order valence-corrected chi connectivity index (χ2v) is 11.0. The number of carbonyl (C=O) groups excluding carboxylic acids is 1. The van der Waals surface area contributed by atoms with Crippen molar-refractivity contribution in [1.29, 1.82) is 0 Å². The highest BCUT2D eigenvalue weighted by molar-refractivity contribution is 5.83. The number of hydrogen-bond acceptors (Lipinski definition) is 3. The van der Waals surface area contributed by atoms with Gasteiger partial charge in [0.1, 0.15) is 11.5 Å². The lowest BCUT2D eigenvalue weighted by Crippen LogP contribution is -2.32. The van der Waals surface area contributed by atoms with Gasteiger partial charge in [-0.2, -0.15) is 0 Å². The van der Waals surface area contributed by atoms with Crippen LogP contribution in [0, 0.1) is 0 Å². The molecule has 0 radical (unpaired) electrons. The third kappa shape index (κ3) is 4.94. The number of rotatable bonds is 4. The molecule has 3 heteroatoms. The van der Waals surface area contributed by atoms with Gasteiger partial charge in [0.2, 0.25) is 6.10 Å². The zero-order valence-electron chi connectivity index (χ0n) is 21.0. The predicted molar refractivity (Wildman–Crippen MR) is 138 cm³/mol. The van der Waals surface area contributed by atoms with Gasteiger partial charge >= 0.3 is 5.97 Å². The summed E-state index contributed by atoms with van der Waals surface area (Å²) < 4.78 is 12.5. The van der Waals surface area contributed by atoms with Crippen molar-refractivity contribution in [2.45, 2.75) is 64.4 Å². The van der Waals surface area contributed by atoms with Crippen molar-refractivity contribution in [3.63, 3.8) is 0 Å². The number of esters is 1. The van der Waals surface area contributed by atoms with E-state index in [4.69, 9.17) is 9.47 Å². The zero-order chi connectivity index (χ0) is 24.5. The van der Waals surface area contributed by atoms with Crippen molar-refractivity contribution in [2.24, 2.45) is 0 Å². The van der Waals surface area contributed by atoms with Gasteiger partial charge in [0.25, 0.3) is 0 Å². The van der Waals surface area contributed by atoms with Crippen LogP contribution >= 0.6 is 0 Å². The lowest BCUT2D eigenvalue weighted by molar-refractivity contribution is -0.143. The van der Waals surface area contributed by atoms with Gasteiger partial charge in [-0.15, -0.1) is 0 Å². The minimum absolute atomic E-state index is 0.181. The molecule has 176 valence electrons. The quantitative estimate of drug-likeness (QED) is 0.304. The molecule has 0 aliphatic carbocycles. The molecule has 0 unspecified atom stereocenters. The van der Waals surface area contributed by atoms with Gasteiger partial charge in [-0.1, -0.05) is 120 Å². The Balaban J connectivity index is 1.73. The van der Waals surface area contributed by atoms with Gasteiger partial charge in [-0.25, -0.2) is 4.79 Å². The first-order chi connectivity index (χ1) is 16.1. The van der Waals surface area contributed by atoms with E-state index < -0.39 is 6.10 Å². The molecule has 3 aromatic rings. The Labute approximate surface area is 203 Å². The fourth-order valence-electron chi connectivity index (χ4n) is 4.39. The van der Waals surface area contributed by atoms with E-state index in [-0.39, 0.29) is 22.7 Å². The number of ether oxygens (including phenoxy) is 2. The summed E-state index contributed by atoms with van der Waals surface area (Å²) in [7, 11) is 0. The van der Waals surface area contributed by atoms with Crippen molar-refractivity contribution in [3.05, 3.63) is 107 Å². The fourth-order valence-corrected chi connectivity index (χ4v) is 4.39. The minimum atomic E-state index is -0.765. The number of benzene rings is 3. The number of hydrogen-bond donors (Lipinski definition) is 0. The van der Waals surface area contributed by atoms with Crippen LogP contribution in [0.5, 0.6) is 5.75 Å². The van der Waals surface area contributed by atoms with Crippen LogP contribution in [0.25, 0.3) is 5.76 Å². The van der Waals surface area contributed by atoms with E-state index in [2.05, 4.69) is 53.7 Å². The summed E-state index contributed by atoms with van der Waals surface area (Å²) in [5.74, 6) is 0.745. The second-order valence-electron chi connectivity index (χ2n) is 11.0. The molecule has 0 bridgehead atoms. The second kappa shape index (κ2) is 9.13. The van der Waals surface area contributed by atoms with Crippen molar-refractivity contribution in [3.8, 4) is 5.75 Å². The zero-order valence-corrected chi connectivity index (χ0v) is 21.0.